The van der Waals surface area contributed by atoms with Gasteiger partial charge in [-0.1, -0.05) is 12.8 Å². The van der Waals surface area contributed by atoms with Gasteiger partial charge in [0.1, 0.15) is 0 Å². The summed E-state index contributed by atoms with van der Waals surface area (Å²) in [6.45, 7) is 3.71. The standard InChI is InChI=1S/C14H23N3O/c1-11-10-17(12-6-7-12)14(16-11)15-8-9-18-13-4-2-3-5-13/h10,12-13H,2-9H2,1H3,(H,15,16). The Kier molecular flexibility index (Phi) is 3.55. The molecule has 100 valence electrons. The van der Waals surface area contributed by atoms with E-state index in [-0.39, 0.29) is 0 Å². The summed E-state index contributed by atoms with van der Waals surface area (Å²) in [6.07, 6.45) is 10.4. The van der Waals surface area contributed by atoms with Gasteiger partial charge in [-0.25, -0.2) is 4.98 Å². The fourth-order valence-corrected chi connectivity index (χ4v) is 2.72. The van der Waals surface area contributed by atoms with Crippen LogP contribution in [0.1, 0.15) is 50.3 Å². The Morgan fingerprint density at radius 3 is 2.83 bits per heavy atom. The Hall–Kier alpha value is -1.03. The average Bonchev–Trinajstić information content (AvgIpc) is 2.94. The maximum atomic E-state index is 5.85. The molecule has 0 saturated heterocycles. The van der Waals surface area contributed by atoms with Crippen LogP contribution in [0, 0.1) is 6.92 Å². The Labute approximate surface area is 109 Å². The average molecular weight is 249 g/mol. The highest BCUT2D eigenvalue weighted by atomic mass is 16.5. The van der Waals surface area contributed by atoms with E-state index < -0.39 is 0 Å². The number of anilines is 1. The molecule has 0 aliphatic heterocycles. The second-order valence-electron chi connectivity index (χ2n) is 5.55. The highest BCUT2D eigenvalue weighted by Crippen LogP contribution is 2.37. The lowest BCUT2D eigenvalue weighted by Gasteiger charge is -2.12. The lowest BCUT2D eigenvalue weighted by atomic mass is 10.3. The van der Waals surface area contributed by atoms with Gasteiger partial charge in [0.15, 0.2) is 0 Å². The van der Waals surface area contributed by atoms with Crippen molar-refractivity contribution in [2.24, 2.45) is 0 Å². The van der Waals surface area contributed by atoms with Gasteiger partial charge in [-0.05, 0) is 32.6 Å². The molecule has 0 unspecified atom stereocenters. The Morgan fingerprint density at radius 2 is 2.11 bits per heavy atom. The van der Waals surface area contributed by atoms with Gasteiger partial charge in [0, 0.05) is 18.8 Å². The van der Waals surface area contributed by atoms with Gasteiger partial charge in [0.25, 0.3) is 0 Å². The summed E-state index contributed by atoms with van der Waals surface area (Å²) in [7, 11) is 0. The largest absolute Gasteiger partial charge is 0.376 e. The van der Waals surface area contributed by atoms with Crippen LogP contribution in [0.15, 0.2) is 6.20 Å². The van der Waals surface area contributed by atoms with Crippen molar-refractivity contribution in [3.63, 3.8) is 0 Å². The highest BCUT2D eigenvalue weighted by Gasteiger charge is 2.26. The van der Waals surface area contributed by atoms with Crippen LogP contribution in [0.25, 0.3) is 0 Å². The van der Waals surface area contributed by atoms with E-state index in [0.717, 1.165) is 24.8 Å². The van der Waals surface area contributed by atoms with Crippen molar-refractivity contribution in [1.29, 1.82) is 0 Å². The first-order chi connectivity index (χ1) is 8.83. The van der Waals surface area contributed by atoms with Gasteiger partial charge in [-0.3, -0.25) is 0 Å². The predicted molar refractivity (Wildman–Crippen MR) is 71.9 cm³/mol. The number of ether oxygens (including phenoxy) is 1. The fourth-order valence-electron chi connectivity index (χ4n) is 2.72. The lowest BCUT2D eigenvalue weighted by molar-refractivity contribution is 0.0658. The first-order valence-electron chi connectivity index (χ1n) is 7.24. The van der Waals surface area contributed by atoms with Gasteiger partial charge in [0.05, 0.1) is 18.4 Å². The molecular weight excluding hydrogens is 226 g/mol. The fraction of sp³-hybridized carbons (Fsp3) is 0.786. The quantitative estimate of drug-likeness (QED) is 0.788. The smallest absolute Gasteiger partial charge is 0.203 e. The molecule has 2 saturated carbocycles. The van der Waals surface area contributed by atoms with E-state index in [1.807, 2.05) is 0 Å². The van der Waals surface area contributed by atoms with E-state index in [4.69, 9.17) is 4.74 Å². The summed E-state index contributed by atoms with van der Waals surface area (Å²) in [4.78, 5) is 4.54. The topological polar surface area (TPSA) is 39.1 Å². The first kappa shape index (κ1) is 12.0. The minimum absolute atomic E-state index is 0.511. The summed E-state index contributed by atoms with van der Waals surface area (Å²) in [5.41, 5.74) is 1.10. The van der Waals surface area contributed by atoms with Crippen molar-refractivity contribution < 1.29 is 4.74 Å². The number of rotatable bonds is 6. The normalized spacial score (nSPS) is 20.5. The van der Waals surface area contributed by atoms with E-state index in [1.54, 1.807) is 0 Å². The van der Waals surface area contributed by atoms with Crippen LogP contribution in [-0.2, 0) is 4.74 Å². The van der Waals surface area contributed by atoms with Crippen LogP contribution in [0.4, 0.5) is 5.95 Å². The zero-order valence-corrected chi connectivity index (χ0v) is 11.2. The highest BCUT2D eigenvalue weighted by molar-refractivity contribution is 5.30. The summed E-state index contributed by atoms with van der Waals surface area (Å²) in [5, 5.41) is 3.41. The number of hydrogen-bond acceptors (Lipinski definition) is 3. The molecule has 1 aromatic heterocycles. The molecule has 1 N–H and O–H groups in total. The van der Waals surface area contributed by atoms with E-state index >= 15 is 0 Å². The molecule has 3 rings (SSSR count). The first-order valence-corrected chi connectivity index (χ1v) is 7.24. The van der Waals surface area contributed by atoms with Gasteiger partial charge < -0.3 is 14.6 Å². The van der Waals surface area contributed by atoms with Crippen LogP contribution >= 0.6 is 0 Å². The Balaban J connectivity index is 1.44. The van der Waals surface area contributed by atoms with E-state index in [1.165, 1.54) is 38.5 Å². The van der Waals surface area contributed by atoms with Gasteiger partial charge in [0.2, 0.25) is 5.95 Å². The zero-order valence-electron chi connectivity index (χ0n) is 11.2. The predicted octanol–water partition coefficient (Wildman–Crippen LogP) is 2.90. The minimum Gasteiger partial charge on any atom is -0.376 e. The van der Waals surface area contributed by atoms with Gasteiger partial charge in [-0.15, -0.1) is 0 Å². The van der Waals surface area contributed by atoms with Crippen LogP contribution in [0.5, 0.6) is 0 Å². The molecule has 2 aliphatic carbocycles. The molecule has 0 radical (unpaired) electrons. The number of aryl methyl sites for hydroxylation is 1. The minimum atomic E-state index is 0.511. The molecular formula is C14H23N3O. The van der Waals surface area contributed by atoms with Crippen molar-refractivity contribution in [3.8, 4) is 0 Å². The number of imidazole rings is 1. The molecule has 0 amide bonds. The lowest BCUT2D eigenvalue weighted by Crippen LogP contribution is -2.17. The van der Waals surface area contributed by atoms with E-state index in [9.17, 15) is 0 Å². The molecule has 0 spiro atoms. The van der Waals surface area contributed by atoms with E-state index in [0.29, 0.717) is 12.1 Å². The molecule has 2 aliphatic rings. The zero-order chi connectivity index (χ0) is 12.4. The monoisotopic (exact) mass is 249 g/mol. The van der Waals surface area contributed by atoms with Crippen molar-refractivity contribution in [1.82, 2.24) is 9.55 Å². The molecule has 18 heavy (non-hydrogen) atoms. The van der Waals surface area contributed by atoms with Crippen LogP contribution in [-0.4, -0.2) is 28.8 Å². The Morgan fingerprint density at radius 1 is 1.33 bits per heavy atom. The molecule has 2 fully saturated rings. The second kappa shape index (κ2) is 5.31. The van der Waals surface area contributed by atoms with Crippen molar-refractivity contribution in [2.45, 2.75) is 57.6 Å². The maximum absolute atomic E-state index is 5.85. The van der Waals surface area contributed by atoms with Crippen LogP contribution < -0.4 is 5.32 Å². The Bertz CT molecular complexity index is 392. The second-order valence-corrected chi connectivity index (χ2v) is 5.55. The van der Waals surface area contributed by atoms with Crippen LogP contribution in [0.3, 0.4) is 0 Å². The molecule has 0 atom stereocenters. The molecule has 4 nitrogen and oxygen atoms in total. The number of hydrogen-bond donors (Lipinski definition) is 1. The van der Waals surface area contributed by atoms with Gasteiger partial charge >= 0.3 is 0 Å². The summed E-state index contributed by atoms with van der Waals surface area (Å²) in [5.74, 6) is 1.02. The van der Waals surface area contributed by atoms with Crippen LogP contribution in [0.2, 0.25) is 0 Å². The SMILES string of the molecule is Cc1cn(C2CC2)c(NCCOC2CCCC2)n1. The maximum Gasteiger partial charge on any atom is 0.203 e. The molecule has 1 heterocycles. The number of nitrogens with one attached hydrogen (secondary N) is 1. The summed E-state index contributed by atoms with van der Waals surface area (Å²) in [6, 6.07) is 0.685. The third kappa shape index (κ3) is 2.86. The molecule has 1 aromatic rings. The third-order valence-electron chi connectivity index (χ3n) is 3.83. The summed E-state index contributed by atoms with van der Waals surface area (Å²) < 4.78 is 8.13. The summed E-state index contributed by atoms with van der Waals surface area (Å²) >= 11 is 0. The number of aromatic nitrogens is 2. The van der Waals surface area contributed by atoms with E-state index in [2.05, 4.69) is 28.0 Å². The molecule has 0 aromatic carbocycles. The molecule has 0 bridgehead atoms. The van der Waals surface area contributed by atoms with Crippen molar-refractivity contribution >= 4 is 5.95 Å². The van der Waals surface area contributed by atoms with Crippen molar-refractivity contribution in [3.05, 3.63) is 11.9 Å². The van der Waals surface area contributed by atoms with Crippen molar-refractivity contribution in [2.75, 3.05) is 18.5 Å². The number of nitrogens with zero attached hydrogens (tertiary/aromatic N) is 2. The third-order valence-corrected chi connectivity index (χ3v) is 3.83. The van der Waals surface area contributed by atoms with Gasteiger partial charge in [-0.2, -0.15) is 0 Å². The molecule has 4 heteroatoms.